The predicted octanol–water partition coefficient (Wildman–Crippen LogP) is 0.980. The van der Waals surface area contributed by atoms with Gasteiger partial charge in [0.2, 0.25) is 10.0 Å². The Hall–Kier alpha value is -0.860. The summed E-state index contributed by atoms with van der Waals surface area (Å²) in [7, 11) is -3.39. The molecule has 0 unspecified atom stereocenters. The lowest BCUT2D eigenvalue weighted by atomic mass is 10.1. The first-order valence-corrected chi connectivity index (χ1v) is 9.27. The van der Waals surface area contributed by atoms with E-state index in [1.54, 1.807) is 20.8 Å². The van der Waals surface area contributed by atoms with Crippen molar-refractivity contribution in [2.45, 2.75) is 64.7 Å². The van der Waals surface area contributed by atoms with E-state index in [1.807, 2.05) is 0 Å². The van der Waals surface area contributed by atoms with Crippen LogP contribution in [0.2, 0.25) is 0 Å². The van der Waals surface area contributed by atoms with Gasteiger partial charge in [-0.15, -0.1) is 0 Å². The van der Waals surface area contributed by atoms with E-state index >= 15 is 0 Å². The van der Waals surface area contributed by atoms with Gasteiger partial charge in [0.05, 0.1) is 11.9 Å². The second kappa shape index (κ2) is 7.61. The summed E-state index contributed by atoms with van der Waals surface area (Å²) in [4.78, 5) is 11.7. The summed E-state index contributed by atoms with van der Waals surface area (Å²) < 4.78 is 31.3. The molecule has 3 N–H and O–H groups in total. The van der Waals surface area contributed by atoms with Crippen LogP contribution in [0, 0.1) is 5.92 Å². The van der Waals surface area contributed by atoms with Gasteiger partial charge in [0.15, 0.2) is 0 Å². The molecule has 0 bridgehead atoms. The van der Waals surface area contributed by atoms with Crippen LogP contribution in [0.4, 0.5) is 4.79 Å². The number of ether oxygens (including phenoxy) is 1. The number of aliphatic hydroxyl groups is 1. The number of rotatable bonds is 6. The van der Waals surface area contributed by atoms with Crippen LogP contribution >= 0.6 is 0 Å². The number of alkyl carbamates (subject to hydrolysis) is 1. The molecule has 7 nitrogen and oxygen atoms in total. The van der Waals surface area contributed by atoms with Crippen LogP contribution in [0.3, 0.4) is 0 Å². The fraction of sp³-hybridized carbons (Fsp3) is 0.929. The summed E-state index contributed by atoms with van der Waals surface area (Å²) in [5.74, 6) is 0.0260. The van der Waals surface area contributed by atoms with E-state index in [0.717, 1.165) is 12.8 Å². The average Bonchev–Trinajstić information content (AvgIpc) is 2.70. The van der Waals surface area contributed by atoms with Gasteiger partial charge in [-0.05, 0) is 52.9 Å². The molecular formula is C14H28N2O5S. The molecule has 1 aliphatic rings. The highest BCUT2D eigenvalue weighted by Crippen LogP contribution is 2.27. The van der Waals surface area contributed by atoms with Crippen molar-refractivity contribution in [2.75, 3.05) is 12.3 Å². The van der Waals surface area contributed by atoms with Crippen molar-refractivity contribution >= 4 is 16.1 Å². The molecule has 0 aromatic heterocycles. The number of sulfonamides is 1. The van der Waals surface area contributed by atoms with Gasteiger partial charge in [-0.25, -0.2) is 17.9 Å². The third-order valence-corrected chi connectivity index (χ3v) is 4.83. The number of aliphatic hydroxyl groups excluding tert-OH is 1. The Morgan fingerprint density at radius 2 is 2.00 bits per heavy atom. The van der Waals surface area contributed by atoms with Crippen LogP contribution in [-0.2, 0) is 14.8 Å². The zero-order chi connectivity index (χ0) is 17.0. The molecule has 22 heavy (non-hydrogen) atoms. The molecule has 1 rings (SSSR count). The van der Waals surface area contributed by atoms with Gasteiger partial charge in [0.1, 0.15) is 5.60 Å². The number of nitrogens with one attached hydrogen (secondary N) is 2. The first-order chi connectivity index (χ1) is 9.97. The first kappa shape index (κ1) is 19.2. The molecule has 3 atom stereocenters. The van der Waals surface area contributed by atoms with E-state index in [4.69, 9.17) is 9.84 Å². The molecule has 0 aromatic carbocycles. The minimum Gasteiger partial charge on any atom is -0.444 e. The summed E-state index contributed by atoms with van der Waals surface area (Å²) in [6.07, 6.45) is 0.939. The van der Waals surface area contributed by atoms with Crippen LogP contribution in [0.5, 0.6) is 0 Å². The Morgan fingerprint density at radius 1 is 1.36 bits per heavy atom. The minimum absolute atomic E-state index is 0.00596. The average molecular weight is 336 g/mol. The molecule has 0 aromatic rings. The zero-order valence-corrected chi connectivity index (χ0v) is 14.6. The molecule has 1 amide bonds. The normalized spacial score (nSPS) is 24.0. The molecule has 8 heteroatoms. The number of amides is 1. The highest BCUT2D eigenvalue weighted by molar-refractivity contribution is 7.89. The van der Waals surface area contributed by atoms with Crippen molar-refractivity contribution in [3.8, 4) is 0 Å². The summed E-state index contributed by atoms with van der Waals surface area (Å²) >= 11 is 0. The largest absolute Gasteiger partial charge is 0.444 e. The lowest BCUT2D eigenvalue weighted by Crippen LogP contribution is -2.38. The van der Waals surface area contributed by atoms with E-state index in [1.165, 1.54) is 6.92 Å². The second-order valence-electron chi connectivity index (χ2n) is 7.00. The summed E-state index contributed by atoms with van der Waals surface area (Å²) in [5.41, 5.74) is -0.545. The summed E-state index contributed by atoms with van der Waals surface area (Å²) in [6.45, 7) is 6.94. The SMILES string of the molecule is C[C@@H](O)CNS(=O)(=O)C[C@@H]1CC[C@H](NC(=O)OC(C)(C)C)C1. The summed E-state index contributed by atoms with van der Waals surface area (Å²) in [5, 5.41) is 11.9. The van der Waals surface area contributed by atoms with Gasteiger partial charge in [-0.2, -0.15) is 0 Å². The highest BCUT2D eigenvalue weighted by atomic mass is 32.2. The molecule has 0 radical (unpaired) electrons. The fourth-order valence-electron chi connectivity index (χ4n) is 2.45. The van der Waals surface area contributed by atoms with Gasteiger partial charge in [0, 0.05) is 12.6 Å². The molecular weight excluding hydrogens is 308 g/mol. The quantitative estimate of drug-likeness (QED) is 0.670. The van der Waals surface area contributed by atoms with Gasteiger partial charge in [-0.3, -0.25) is 0 Å². The van der Waals surface area contributed by atoms with Crippen molar-refractivity contribution < 1.29 is 23.1 Å². The van der Waals surface area contributed by atoms with Crippen LogP contribution in [0.25, 0.3) is 0 Å². The van der Waals surface area contributed by atoms with E-state index in [-0.39, 0.29) is 24.3 Å². The zero-order valence-electron chi connectivity index (χ0n) is 13.8. The van der Waals surface area contributed by atoms with Crippen molar-refractivity contribution in [1.29, 1.82) is 0 Å². The molecule has 0 spiro atoms. The molecule has 1 fully saturated rings. The van der Waals surface area contributed by atoms with Crippen molar-refractivity contribution in [2.24, 2.45) is 5.92 Å². The van der Waals surface area contributed by atoms with Crippen LogP contribution < -0.4 is 10.0 Å². The van der Waals surface area contributed by atoms with Crippen molar-refractivity contribution in [1.82, 2.24) is 10.0 Å². The van der Waals surface area contributed by atoms with E-state index in [2.05, 4.69) is 10.0 Å². The van der Waals surface area contributed by atoms with Gasteiger partial charge in [-0.1, -0.05) is 0 Å². The van der Waals surface area contributed by atoms with Crippen LogP contribution in [0.1, 0.15) is 47.0 Å². The number of carbonyl (C=O) groups is 1. The Bertz CT molecular complexity index is 470. The van der Waals surface area contributed by atoms with Crippen LogP contribution in [-0.4, -0.2) is 49.7 Å². The maximum absolute atomic E-state index is 11.9. The molecule has 1 aliphatic carbocycles. The minimum atomic E-state index is -3.39. The van der Waals surface area contributed by atoms with E-state index in [0.29, 0.717) is 6.42 Å². The highest BCUT2D eigenvalue weighted by Gasteiger charge is 2.30. The predicted molar refractivity (Wildman–Crippen MR) is 84.0 cm³/mol. The number of hydrogen-bond acceptors (Lipinski definition) is 5. The van der Waals surface area contributed by atoms with Crippen LogP contribution in [0.15, 0.2) is 0 Å². The summed E-state index contributed by atoms with van der Waals surface area (Å²) in [6, 6.07) is -0.0492. The van der Waals surface area contributed by atoms with Gasteiger partial charge in [0.25, 0.3) is 0 Å². The van der Waals surface area contributed by atoms with E-state index < -0.39 is 27.8 Å². The van der Waals surface area contributed by atoms with Crippen molar-refractivity contribution in [3.05, 3.63) is 0 Å². The molecule has 0 saturated heterocycles. The van der Waals surface area contributed by atoms with E-state index in [9.17, 15) is 13.2 Å². The van der Waals surface area contributed by atoms with Crippen molar-refractivity contribution in [3.63, 3.8) is 0 Å². The Balaban J connectivity index is 2.38. The fourth-order valence-corrected chi connectivity index (χ4v) is 3.98. The molecule has 130 valence electrons. The topological polar surface area (TPSA) is 105 Å². The Kier molecular flexibility index (Phi) is 6.64. The molecule has 0 aliphatic heterocycles. The maximum atomic E-state index is 11.9. The molecule has 1 saturated carbocycles. The monoisotopic (exact) mass is 336 g/mol. The lowest BCUT2D eigenvalue weighted by Gasteiger charge is -2.21. The lowest BCUT2D eigenvalue weighted by molar-refractivity contribution is 0.0505. The first-order valence-electron chi connectivity index (χ1n) is 7.62. The number of hydrogen-bond donors (Lipinski definition) is 3. The van der Waals surface area contributed by atoms with Gasteiger partial charge < -0.3 is 15.2 Å². The molecule has 0 heterocycles. The third kappa shape index (κ3) is 7.95. The Morgan fingerprint density at radius 3 is 2.55 bits per heavy atom. The second-order valence-corrected chi connectivity index (χ2v) is 8.85. The van der Waals surface area contributed by atoms with Gasteiger partial charge >= 0.3 is 6.09 Å². The standard InChI is InChI=1S/C14H28N2O5S/c1-10(17)8-15-22(19,20)9-11-5-6-12(7-11)16-13(18)21-14(2,3)4/h10-12,15,17H,5-9H2,1-4H3,(H,16,18)/t10-,11-,12+/m1/s1. The maximum Gasteiger partial charge on any atom is 0.407 e. The Labute approximate surface area is 132 Å². The third-order valence-electron chi connectivity index (χ3n) is 3.32. The smallest absolute Gasteiger partial charge is 0.407 e. The number of carbonyl (C=O) groups excluding carboxylic acids is 1.